The van der Waals surface area contributed by atoms with Crippen LogP contribution in [-0.4, -0.2) is 35.1 Å². The van der Waals surface area contributed by atoms with E-state index in [0.29, 0.717) is 6.54 Å². The molecular formula is C14H18N2O3. The summed E-state index contributed by atoms with van der Waals surface area (Å²) in [5, 5.41) is 11.6. The molecule has 1 atom stereocenters. The molecule has 0 saturated carbocycles. The van der Waals surface area contributed by atoms with E-state index >= 15 is 0 Å². The molecule has 102 valence electrons. The summed E-state index contributed by atoms with van der Waals surface area (Å²) in [7, 11) is 0. The Morgan fingerprint density at radius 3 is 2.89 bits per heavy atom. The Balaban J connectivity index is 2.09. The van der Waals surface area contributed by atoms with Gasteiger partial charge in [0.2, 0.25) is 0 Å². The number of aliphatic carboxylic acids is 1. The molecule has 0 aliphatic carbocycles. The molecule has 0 spiro atoms. The molecule has 1 aromatic rings. The molecule has 1 aliphatic heterocycles. The van der Waals surface area contributed by atoms with E-state index < -0.39 is 5.97 Å². The standard InChI is InChI=1S/C14H18N2O3/c1-9-3-4-10(2)11(7-9)12-8-16(14(19)15-12)6-5-13(17)18/h3-4,7,12H,5-6,8H2,1-2H3,(H,15,19)(H,17,18). The Morgan fingerprint density at radius 1 is 1.47 bits per heavy atom. The largest absolute Gasteiger partial charge is 0.481 e. The first-order valence-electron chi connectivity index (χ1n) is 6.32. The van der Waals surface area contributed by atoms with Crippen molar-refractivity contribution < 1.29 is 14.7 Å². The molecule has 1 fully saturated rings. The monoisotopic (exact) mass is 262 g/mol. The zero-order valence-electron chi connectivity index (χ0n) is 11.1. The quantitative estimate of drug-likeness (QED) is 0.870. The molecule has 0 radical (unpaired) electrons. The van der Waals surface area contributed by atoms with Crippen molar-refractivity contribution in [3.05, 3.63) is 34.9 Å². The number of urea groups is 1. The van der Waals surface area contributed by atoms with Crippen LogP contribution in [0.2, 0.25) is 0 Å². The van der Waals surface area contributed by atoms with Crippen molar-refractivity contribution in [2.75, 3.05) is 13.1 Å². The van der Waals surface area contributed by atoms with E-state index in [1.807, 2.05) is 26.0 Å². The van der Waals surface area contributed by atoms with Crippen molar-refractivity contribution in [3.8, 4) is 0 Å². The van der Waals surface area contributed by atoms with Crippen LogP contribution in [0, 0.1) is 13.8 Å². The summed E-state index contributed by atoms with van der Waals surface area (Å²) in [4.78, 5) is 23.9. The molecule has 2 rings (SSSR count). The van der Waals surface area contributed by atoms with Crippen LogP contribution in [0.25, 0.3) is 0 Å². The van der Waals surface area contributed by atoms with Gasteiger partial charge in [0.1, 0.15) is 0 Å². The lowest BCUT2D eigenvalue weighted by molar-refractivity contribution is -0.137. The summed E-state index contributed by atoms with van der Waals surface area (Å²) in [6.45, 7) is 4.81. The third kappa shape index (κ3) is 3.05. The highest BCUT2D eigenvalue weighted by Crippen LogP contribution is 2.24. The molecule has 1 aliphatic rings. The number of rotatable bonds is 4. The number of nitrogens with zero attached hydrogens (tertiary/aromatic N) is 1. The van der Waals surface area contributed by atoms with Gasteiger partial charge < -0.3 is 15.3 Å². The lowest BCUT2D eigenvalue weighted by Gasteiger charge is -2.15. The van der Waals surface area contributed by atoms with Crippen LogP contribution in [0.3, 0.4) is 0 Å². The number of nitrogens with one attached hydrogen (secondary N) is 1. The van der Waals surface area contributed by atoms with Crippen LogP contribution in [-0.2, 0) is 4.79 Å². The zero-order valence-corrected chi connectivity index (χ0v) is 11.1. The molecule has 1 heterocycles. The van der Waals surface area contributed by atoms with E-state index in [0.717, 1.165) is 16.7 Å². The first kappa shape index (κ1) is 13.4. The van der Waals surface area contributed by atoms with Gasteiger partial charge in [0.25, 0.3) is 0 Å². The summed E-state index contributed by atoms with van der Waals surface area (Å²) < 4.78 is 0. The minimum atomic E-state index is -0.886. The van der Waals surface area contributed by atoms with Crippen molar-refractivity contribution in [2.45, 2.75) is 26.3 Å². The number of hydrogen-bond donors (Lipinski definition) is 2. The van der Waals surface area contributed by atoms with Crippen LogP contribution >= 0.6 is 0 Å². The van der Waals surface area contributed by atoms with Crippen LogP contribution in [0.4, 0.5) is 4.79 Å². The first-order valence-corrected chi connectivity index (χ1v) is 6.32. The van der Waals surface area contributed by atoms with Crippen molar-refractivity contribution in [1.82, 2.24) is 10.2 Å². The molecule has 5 heteroatoms. The Morgan fingerprint density at radius 2 is 2.21 bits per heavy atom. The van der Waals surface area contributed by atoms with Crippen LogP contribution < -0.4 is 5.32 Å². The minimum Gasteiger partial charge on any atom is -0.481 e. The maximum absolute atomic E-state index is 11.8. The van der Waals surface area contributed by atoms with Crippen molar-refractivity contribution in [3.63, 3.8) is 0 Å². The highest BCUT2D eigenvalue weighted by Gasteiger charge is 2.30. The average Bonchev–Trinajstić information content (AvgIpc) is 2.71. The number of aryl methyl sites for hydroxylation is 2. The summed E-state index contributed by atoms with van der Waals surface area (Å²) in [5.74, 6) is -0.886. The molecule has 0 bridgehead atoms. The summed E-state index contributed by atoms with van der Waals surface area (Å²) >= 11 is 0. The van der Waals surface area contributed by atoms with Gasteiger partial charge >= 0.3 is 12.0 Å². The average molecular weight is 262 g/mol. The van der Waals surface area contributed by atoms with Crippen LogP contribution in [0.5, 0.6) is 0 Å². The number of hydrogen-bond acceptors (Lipinski definition) is 2. The molecule has 2 N–H and O–H groups in total. The zero-order chi connectivity index (χ0) is 14.0. The van der Waals surface area contributed by atoms with Crippen molar-refractivity contribution >= 4 is 12.0 Å². The molecule has 1 aromatic carbocycles. The van der Waals surface area contributed by atoms with E-state index in [-0.39, 0.29) is 25.0 Å². The number of carbonyl (C=O) groups excluding carboxylic acids is 1. The van der Waals surface area contributed by atoms with E-state index in [4.69, 9.17) is 5.11 Å². The predicted octanol–water partition coefficient (Wildman–Crippen LogP) is 1.84. The Labute approximate surface area is 112 Å². The van der Waals surface area contributed by atoms with Gasteiger partial charge in [-0.1, -0.05) is 23.8 Å². The second-order valence-electron chi connectivity index (χ2n) is 4.95. The Kier molecular flexibility index (Phi) is 3.74. The third-order valence-corrected chi connectivity index (χ3v) is 3.39. The minimum absolute atomic E-state index is 0.0209. The van der Waals surface area contributed by atoms with Gasteiger partial charge in [0.05, 0.1) is 12.5 Å². The summed E-state index contributed by atoms with van der Waals surface area (Å²) in [6, 6.07) is 5.91. The molecule has 1 saturated heterocycles. The lowest BCUT2D eigenvalue weighted by atomic mass is 9.99. The van der Waals surface area contributed by atoms with Gasteiger partial charge in [-0.3, -0.25) is 4.79 Å². The van der Waals surface area contributed by atoms with Crippen molar-refractivity contribution in [1.29, 1.82) is 0 Å². The van der Waals surface area contributed by atoms with Gasteiger partial charge in [0, 0.05) is 13.1 Å². The van der Waals surface area contributed by atoms with E-state index in [1.54, 1.807) is 4.90 Å². The van der Waals surface area contributed by atoms with Gasteiger partial charge in [-0.25, -0.2) is 4.79 Å². The molecule has 2 amide bonds. The normalized spacial score (nSPS) is 18.5. The van der Waals surface area contributed by atoms with Gasteiger partial charge in [0.15, 0.2) is 0 Å². The smallest absolute Gasteiger partial charge is 0.318 e. The van der Waals surface area contributed by atoms with E-state index in [2.05, 4.69) is 11.4 Å². The van der Waals surface area contributed by atoms with Crippen molar-refractivity contribution in [2.24, 2.45) is 0 Å². The predicted molar refractivity (Wildman–Crippen MR) is 71.0 cm³/mol. The van der Waals surface area contributed by atoms with E-state index in [9.17, 15) is 9.59 Å². The molecule has 19 heavy (non-hydrogen) atoms. The topological polar surface area (TPSA) is 69.6 Å². The molecule has 0 aromatic heterocycles. The van der Waals surface area contributed by atoms with E-state index in [1.165, 1.54) is 0 Å². The van der Waals surface area contributed by atoms with Crippen LogP contribution in [0.1, 0.15) is 29.2 Å². The second-order valence-corrected chi connectivity index (χ2v) is 4.95. The highest BCUT2D eigenvalue weighted by atomic mass is 16.4. The fourth-order valence-corrected chi connectivity index (χ4v) is 2.32. The summed E-state index contributed by atoms with van der Waals surface area (Å²) in [5.41, 5.74) is 3.39. The SMILES string of the molecule is Cc1ccc(C)c(C2CN(CCC(=O)O)C(=O)N2)c1. The fraction of sp³-hybridized carbons (Fsp3) is 0.429. The highest BCUT2D eigenvalue weighted by molar-refractivity contribution is 5.78. The molecule has 1 unspecified atom stereocenters. The fourth-order valence-electron chi connectivity index (χ4n) is 2.32. The number of carboxylic acid groups (broad SMARTS) is 1. The number of carboxylic acids is 1. The second kappa shape index (κ2) is 5.30. The van der Waals surface area contributed by atoms with Gasteiger partial charge in [-0.15, -0.1) is 0 Å². The first-order chi connectivity index (χ1) is 8.97. The maximum atomic E-state index is 11.8. The number of amides is 2. The third-order valence-electron chi connectivity index (χ3n) is 3.39. The van der Waals surface area contributed by atoms with Gasteiger partial charge in [-0.2, -0.15) is 0 Å². The summed E-state index contributed by atoms with van der Waals surface area (Å²) in [6.07, 6.45) is -0.0209. The van der Waals surface area contributed by atoms with Gasteiger partial charge in [-0.05, 0) is 25.0 Å². The Hall–Kier alpha value is -2.04. The maximum Gasteiger partial charge on any atom is 0.318 e. The molecular weight excluding hydrogens is 244 g/mol. The molecule has 5 nitrogen and oxygen atoms in total. The number of carbonyl (C=O) groups is 2. The number of benzene rings is 1. The lowest BCUT2D eigenvalue weighted by Crippen LogP contribution is -2.30. The van der Waals surface area contributed by atoms with Crippen LogP contribution in [0.15, 0.2) is 18.2 Å². The Bertz CT molecular complexity index is 513.